The molecule has 1 saturated carbocycles. The maximum atomic E-state index is 10.7. The third-order valence-corrected chi connectivity index (χ3v) is 6.13. The Hall–Kier alpha value is -1.47. The van der Waals surface area contributed by atoms with Crippen LogP contribution in [0.1, 0.15) is 50.0 Å². The van der Waals surface area contributed by atoms with Crippen molar-refractivity contribution in [1.82, 2.24) is 15.1 Å². The summed E-state index contributed by atoms with van der Waals surface area (Å²) in [7, 11) is 2.19. The van der Waals surface area contributed by atoms with Crippen LogP contribution >= 0.6 is 0 Å². The standard InChI is InChI=1S/C20H33N5O/c1-15(21)17-13-16(5-6-18(17)22)19(26)23-14-20(7-3-4-8-20)25-11-9-24(2)10-12-25/h5-6,13,19,21,23,26H,3-4,7-12,14,22H2,1-2H3. The third kappa shape index (κ3) is 4.09. The van der Waals surface area contributed by atoms with E-state index in [1.807, 2.05) is 12.1 Å². The van der Waals surface area contributed by atoms with Crippen LogP contribution in [0.25, 0.3) is 0 Å². The highest BCUT2D eigenvalue weighted by atomic mass is 16.3. The van der Waals surface area contributed by atoms with E-state index in [9.17, 15) is 5.11 Å². The Morgan fingerprint density at radius 2 is 1.92 bits per heavy atom. The Morgan fingerprint density at radius 1 is 1.27 bits per heavy atom. The van der Waals surface area contributed by atoms with Gasteiger partial charge in [0.2, 0.25) is 0 Å². The lowest BCUT2D eigenvalue weighted by molar-refractivity contribution is 0.0278. The normalized spacial score (nSPS) is 22.4. The molecule has 144 valence electrons. The van der Waals surface area contributed by atoms with Gasteiger partial charge in [-0.1, -0.05) is 18.9 Å². The molecule has 6 nitrogen and oxygen atoms in total. The molecule has 1 aromatic carbocycles. The first-order valence-electron chi connectivity index (χ1n) is 9.71. The molecule has 1 saturated heterocycles. The van der Waals surface area contributed by atoms with Gasteiger partial charge < -0.3 is 21.1 Å². The smallest absolute Gasteiger partial charge is 0.131 e. The Labute approximate surface area is 156 Å². The molecular formula is C20H33N5O. The average Bonchev–Trinajstić information content (AvgIpc) is 3.10. The molecule has 0 radical (unpaired) electrons. The average molecular weight is 360 g/mol. The number of nitrogens with zero attached hydrogens (tertiary/aromatic N) is 2. The van der Waals surface area contributed by atoms with Crippen molar-refractivity contribution >= 4 is 11.4 Å². The van der Waals surface area contributed by atoms with Crippen LogP contribution in [0.5, 0.6) is 0 Å². The highest BCUT2D eigenvalue weighted by molar-refractivity contribution is 6.01. The fourth-order valence-corrected chi connectivity index (χ4v) is 4.39. The Kier molecular flexibility index (Phi) is 5.97. The van der Waals surface area contributed by atoms with Gasteiger partial charge >= 0.3 is 0 Å². The molecule has 1 atom stereocenters. The summed E-state index contributed by atoms with van der Waals surface area (Å²) in [6, 6.07) is 5.45. The largest absolute Gasteiger partial charge is 0.398 e. The molecule has 5 N–H and O–H groups in total. The number of hydrogen-bond donors (Lipinski definition) is 4. The minimum atomic E-state index is -0.737. The van der Waals surface area contributed by atoms with Gasteiger partial charge in [0.25, 0.3) is 0 Å². The number of anilines is 1. The maximum Gasteiger partial charge on any atom is 0.131 e. The Balaban J connectivity index is 1.68. The first-order chi connectivity index (χ1) is 12.4. The van der Waals surface area contributed by atoms with Gasteiger partial charge in [0.1, 0.15) is 6.23 Å². The van der Waals surface area contributed by atoms with Crippen molar-refractivity contribution in [1.29, 1.82) is 5.41 Å². The molecule has 26 heavy (non-hydrogen) atoms. The molecule has 0 amide bonds. The second-order valence-corrected chi connectivity index (χ2v) is 7.98. The van der Waals surface area contributed by atoms with Crippen molar-refractivity contribution < 1.29 is 5.11 Å². The van der Waals surface area contributed by atoms with Crippen LogP contribution in [0, 0.1) is 5.41 Å². The number of rotatable bonds is 6. The lowest BCUT2D eigenvalue weighted by Crippen LogP contribution is -2.59. The van der Waals surface area contributed by atoms with Gasteiger partial charge in [-0.2, -0.15) is 0 Å². The van der Waals surface area contributed by atoms with E-state index in [0.717, 1.165) is 38.3 Å². The molecule has 1 unspecified atom stereocenters. The van der Waals surface area contributed by atoms with Gasteiger partial charge in [0.15, 0.2) is 0 Å². The lowest BCUT2D eigenvalue weighted by Gasteiger charge is -2.46. The molecule has 2 aliphatic rings. The molecule has 1 aliphatic carbocycles. The van der Waals surface area contributed by atoms with Crippen LogP contribution in [0.15, 0.2) is 18.2 Å². The van der Waals surface area contributed by atoms with Gasteiger partial charge in [-0.3, -0.25) is 10.2 Å². The number of aliphatic hydroxyl groups excluding tert-OH is 1. The summed E-state index contributed by atoms with van der Waals surface area (Å²) in [6.45, 7) is 6.95. The fraction of sp³-hybridized carbons (Fsp3) is 0.650. The van der Waals surface area contributed by atoms with Crippen molar-refractivity contribution in [3.8, 4) is 0 Å². The number of hydrogen-bond acceptors (Lipinski definition) is 6. The fourth-order valence-electron chi connectivity index (χ4n) is 4.39. The van der Waals surface area contributed by atoms with E-state index in [-0.39, 0.29) is 5.54 Å². The maximum absolute atomic E-state index is 10.7. The van der Waals surface area contributed by atoms with E-state index in [0.29, 0.717) is 17.0 Å². The van der Waals surface area contributed by atoms with E-state index in [2.05, 4.69) is 22.2 Å². The SMILES string of the molecule is CC(=N)c1cc(C(O)NCC2(N3CCN(C)CC3)CCCC2)ccc1N. The van der Waals surface area contributed by atoms with Crippen molar-refractivity contribution in [2.45, 2.75) is 44.4 Å². The van der Waals surface area contributed by atoms with Gasteiger partial charge in [-0.05, 0) is 44.5 Å². The number of nitrogens with one attached hydrogen (secondary N) is 2. The second kappa shape index (κ2) is 8.05. The number of likely N-dealkylation sites (N-methyl/N-ethyl adjacent to an activating group) is 1. The van der Waals surface area contributed by atoms with E-state index in [1.54, 1.807) is 13.0 Å². The van der Waals surface area contributed by atoms with Crippen molar-refractivity contribution in [2.24, 2.45) is 0 Å². The molecule has 1 aromatic rings. The molecule has 0 aromatic heterocycles. The van der Waals surface area contributed by atoms with Gasteiger partial charge in [-0.25, -0.2) is 0 Å². The minimum Gasteiger partial charge on any atom is -0.398 e. The second-order valence-electron chi connectivity index (χ2n) is 7.98. The number of aliphatic hydroxyl groups is 1. The molecule has 3 rings (SSSR count). The van der Waals surface area contributed by atoms with E-state index in [4.69, 9.17) is 11.1 Å². The van der Waals surface area contributed by atoms with Gasteiger partial charge in [0.05, 0.1) is 0 Å². The molecule has 0 bridgehead atoms. The van der Waals surface area contributed by atoms with E-state index >= 15 is 0 Å². The summed E-state index contributed by atoms with van der Waals surface area (Å²) < 4.78 is 0. The third-order valence-electron chi connectivity index (χ3n) is 6.13. The molecule has 1 aliphatic heterocycles. The summed E-state index contributed by atoms with van der Waals surface area (Å²) in [5.41, 5.74) is 8.57. The van der Waals surface area contributed by atoms with Crippen LogP contribution in [-0.4, -0.2) is 65.9 Å². The van der Waals surface area contributed by atoms with Gasteiger partial charge in [-0.15, -0.1) is 0 Å². The van der Waals surface area contributed by atoms with Crippen LogP contribution in [0.4, 0.5) is 5.69 Å². The quantitative estimate of drug-likeness (QED) is 0.353. The van der Waals surface area contributed by atoms with Crippen LogP contribution < -0.4 is 11.1 Å². The number of piperazine rings is 1. The zero-order chi connectivity index (χ0) is 18.7. The minimum absolute atomic E-state index is 0.163. The highest BCUT2D eigenvalue weighted by Gasteiger charge is 2.40. The van der Waals surface area contributed by atoms with Crippen LogP contribution in [0.2, 0.25) is 0 Å². The Bertz CT molecular complexity index is 633. The predicted octanol–water partition coefficient (Wildman–Crippen LogP) is 1.80. The molecular weight excluding hydrogens is 326 g/mol. The zero-order valence-electron chi connectivity index (χ0n) is 16.1. The number of nitrogen functional groups attached to an aromatic ring is 1. The first kappa shape index (κ1) is 19.3. The van der Waals surface area contributed by atoms with E-state index in [1.165, 1.54) is 25.7 Å². The van der Waals surface area contributed by atoms with Crippen LogP contribution in [-0.2, 0) is 0 Å². The topological polar surface area (TPSA) is 88.6 Å². The predicted molar refractivity (Wildman–Crippen MR) is 107 cm³/mol. The Morgan fingerprint density at radius 3 is 2.54 bits per heavy atom. The molecule has 6 heteroatoms. The summed E-state index contributed by atoms with van der Waals surface area (Å²) >= 11 is 0. The molecule has 2 fully saturated rings. The summed E-state index contributed by atoms with van der Waals surface area (Å²) in [5.74, 6) is 0. The van der Waals surface area contributed by atoms with Crippen molar-refractivity contribution in [2.75, 3.05) is 45.5 Å². The molecule has 0 spiro atoms. The zero-order valence-corrected chi connectivity index (χ0v) is 16.1. The van der Waals surface area contributed by atoms with Crippen LogP contribution in [0.3, 0.4) is 0 Å². The van der Waals surface area contributed by atoms with Gasteiger partial charge in [0, 0.05) is 55.2 Å². The summed E-state index contributed by atoms with van der Waals surface area (Å²) in [4.78, 5) is 5.02. The summed E-state index contributed by atoms with van der Waals surface area (Å²) in [6.07, 6.45) is 4.19. The monoisotopic (exact) mass is 359 g/mol. The van der Waals surface area contributed by atoms with Crippen molar-refractivity contribution in [3.63, 3.8) is 0 Å². The number of benzene rings is 1. The molecule has 1 heterocycles. The number of nitrogens with two attached hydrogens (primary N) is 1. The van der Waals surface area contributed by atoms with Crippen molar-refractivity contribution in [3.05, 3.63) is 29.3 Å². The lowest BCUT2D eigenvalue weighted by atomic mass is 9.93. The summed E-state index contributed by atoms with van der Waals surface area (Å²) in [5, 5.41) is 21.9. The highest BCUT2D eigenvalue weighted by Crippen LogP contribution is 2.36. The first-order valence-corrected chi connectivity index (χ1v) is 9.71. The van der Waals surface area contributed by atoms with E-state index < -0.39 is 6.23 Å².